The summed E-state index contributed by atoms with van der Waals surface area (Å²) in [6, 6.07) is 8.52. The Morgan fingerprint density at radius 1 is 1.22 bits per heavy atom. The molecule has 1 aliphatic rings. The minimum absolute atomic E-state index is 0.0208. The molecule has 0 heterocycles. The van der Waals surface area contributed by atoms with Crippen LogP contribution in [0.15, 0.2) is 29.4 Å². The molecule has 0 bridgehead atoms. The van der Waals surface area contributed by atoms with E-state index in [0.29, 0.717) is 6.04 Å². The third kappa shape index (κ3) is 6.05. The highest BCUT2D eigenvalue weighted by atomic mass is 16.6. The van der Waals surface area contributed by atoms with Crippen LogP contribution in [0.4, 0.5) is 0 Å². The molecule has 0 aliphatic heterocycles. The lowest BCUT2D eigenvalue weighted by atomic mass is 9.87. The van der Waals surface area contributed by atoms with Crippen molar-refractivity contribution in [3.8, 4) is 0 Å². The van der Waals surface area contributed by atoms with E-state index in [2.05, 4.69) is 43.4 Å². The molecule has 1 amide bonds. The molecule has 0 aromatic heterocycles. The van der Waals surface area contributed by atoms with Gasteiger partial charge in [-0.15, -0.1) is 0 Å². The highest BCUT2D eigenvalue weighted by Gasteiger charge is 2.15. The van der Waals surface area contributed by atoms with Crippen molar-refractivity contribution in [2.24, 2.45) is 5.16 Å². The van der Waals surface area contributed by atoms with Gasteiger partial charge in [-0.1, -0.05) is 69.5 Å². The smallest absolute Gasteiger partial charge is 0.260 e. The molecule has 23 heavy (non-hydrogen) atoms. The van der Waals surface area contributed by atoms with Crippen molar-refractivity contribution >= 4 is 12.1 Å². The van der Waals surface area contributed by atoms with E-state index in [-0.39, 0.29) is 17.9 Å². The van der Waals surface area contributed by atoms with Crippen LogP contribution >= 0.6 is 0 Å². The summed E-state index contributed by atoms with van der Waals surface area (Å²) in [5.74, 6) is -0.0860. The fraction of sp³-hybridized carbons (Fsp3) is 0.579. The highest BCUT2D eigenvalue weighted by molar-refractivity contribution is 5.80. The molecule has 4 nitrogen and oxygen atoms in total. The van der Waals surface area contributed by atoms with Gasteiger partial charge < -0.3 is 10.2 Å². The van der Waals surface area contributed by atoms with Gasteiger partial charge in [-0.3, -0.25) is 4.79 Å². The van der Waals surface area contributed by atoms with E-state index < -0.39 is 0 Å². The second-order valence-corrected chi connectivity index (χ2v) is 7.28. The van der Waals surface area contributed by atoms with Crippen LogP contribution in [0.2, 0.25) is 0 Å². The number of oxime groups is 1. The second kappa shape index (κ2) is 8.14. The lowest BCUT2D eigenvalue weighted by molar-refractivity contribution is -0.126. The van der Waals surface area contributed by atoms with Gasteiger partial charge in [0.15, 0.2) is 6.61 Å². The summed E-state index contributed by atoms with van der Waals surface area (Å²) in [5, 5.41) is 6.88. The first kappa shape index (κ1) is 17.5. The largest absolute Gasteiger partial charge is 0.386 e. The molecular formula is C19H28N2O2. The normalized spacial score (nSPS) is 16.5. The predicted octanol–water partition coefficient (Wildman–Crippen LogP) is 3.78. The van der Waals surface area contributed by atoms with Gasteiger partial charge in [-0.25, -0.2) is 0 Å². The van der Waals surface area contributed by atoms with Gasteiger partial charge in [-0.05, 0) is 29.4 Å². The van der Waals surface area contributed by atoms with Crippen LogP contribution in [0.25, 0.3) is 0 Å². The summed E-state index contributed by atoms with van der Waals surface area (Å²) < 4.78 is 0. The Morgan fingerprint density at radius 2 is 1.87 bits per heavy atom. The predicted molar refractivity (Wildman–Crippen MR) is 93.7 cm³/mol. The summed E-state index contributed by atoms with van der Waals surface area (Å²) in [5.41, 5.74) is 2.39. The Balaban J connectivity index is 1.72. The molecule has 1 saturated carbocycles. The molecule has 2 rings (SSSR count). The molecule has 1 aliphatic carbocycles. The van der Waals surface area contributed by atoms with Crippen molar-refractivity contribution in [2.45, 2.75) is 64.3 Å². The van der Waals surface area contributed by atoms with E-state index in [1.165, 1.54) is 24.8 Å². The minimum Gasteiger partial charge on any atom is -0.386 e. The lowest BCUT2D eigenvalue weighted by Crippen LogP contribution is -2.38. The number of nitrogens with one attached hydrogen (secondary N) is 1. The Bertz CT molecular complexity index is 523. The first-order valence-corrected chi connectivity index (χ1v) is 8.50. The van der Waals surface area contributed by atoms with Gasteiger partial charge >= 0.3 is 0 Å². The van der Waals surface area contributed by atoms with Gasteiger partial charge in [0, 0.05) is 6.04 Å². The van der Waals surface area contributed by atoms with E-state index in [1.807, 2.05) is 12.1 Å². The number of amides is 1. The topological polar surface area (TPSA) is 50.7 Å². The third-order valence-corrected chi connectivity index (χ3v) is 4.22. The van der Waals surface area contributed by atoms with Crippen LogP contribution in [-0.4, -0.2) is 24.8 Å². The Morgan fingerprint density at radius 3 is 2.48 bits per heavy atom. The first-order chi connectivity index (χ1) is 10.9. The van der Waals surface area contributed by atoms with Crippen LogP contribution in [0.1, 0.15) is 64.0 Å². The van der Waals surface area contributed by atoms with Crippen molar-refractivity contribution in [1.29, 1.82) is 0 Å². The molecule has 4 heteroatoms. The van der Waals surface area contributed by atoms with E-state index >= 15 is 0 Å². The molecule has 1 aromatic carbocycles. The average Bonchev–Trinajstić information content (AvgIpc) is 2.52. The number of benzene rings is 1. The molecule has 1 fully saturated rings. The fourth-order valence-electron chi connectivity index (χ4n) is 2.78. The molecule has 0 atom stereocenters. The molecule has 0 radical (unpaired) electrons. The quantitative estimate of drug-likeness (QED) is 0.664. The van der Waals surface area contributed by atoms with E-state index in [9.17, 15) is 4.79 Å². The number of carbonyl (C=O) groups is 1. The second-order valence-electron chi connectivity index (χ2n) is 7.28. The van der Waals surface area contributed by atoms with E-state index in [1.54, 1.807) is 6.21 Å². The fourth-order valence-corrected chi connectivity index (χ4v) is 2.78. The molecule has 0 spiro atoms. The van der Waals surface area contributed by atoms with Crippen LogP contribution in [-0.2, 0) is 15.0 Å². The molecular weight excluding hydrogens is 288 g/mol. The van der Waals surface area contributed by atoms with Crippen molar-refractivity contribution < 1.29 is 9.63 Å². The summed E-state index contributed by atoms with van der Waals surface area (Å²) in [6.45, 7) is 6.53. The average molecular weight is 316 g/mol. The van der Waals surface area contributed by atoms with Crippen LogP contribution < -0.4 is 5.32 Å². The number of hydrogen-bond donors (Lipinski definition) is 1. The lowest BCUT2D eigenvalue weighted by Gasteiger charge is -2.22. The maximum absolute atomic E-state index is 11.8. The Kier molecular flexibility index (Phi) is 6.20. The maximum Gasteiger partial charge on any atom is 0.260 e. The standard InChI is InChI=1S/C19H28N2O2/c1-19(2,3)16-11-9-15(10-12-16)13-20-23-14-18(22)21-17-7-5-4-6-8-17/h9-13,17H,4-8,14H2,1-3H3,(H,21,22). The first-order valence-electron chi connectivity index (χ1n) is 8.50. The SMILES string of the molecule is CC(C)(C)c1ccc(C=NOCC(=O)NC2CCCCC2)cc1. The van der Waals surface area contributed by atoms with Crippen LogP contribution in [0, 0.1) is 0 Å². The van der Waals surface area contributed by atoms with Crippen molar-refractivity contribution in [3.05, 3.63) is 35.4 Å². The van der Waals surface area contributed by atoms with E-state index in [4.69, 9.17) is 4.84 Å². The van der Waals surface area contributed by atoms with Gasteiger partial charge in [0.1, 0.15) is 0 Å². The number of nitrogens with zero attached hydrogens (tertiary/aromatic N) is 1. The van der Waals surface area contributed by atoms with E-state index in [0.717, 1.165) is 18.4 Å². The molecule has 0 unspecified atom stereocenters. The molecule has 0 saturated heterocycles. The minimum atomic E-state index is -0.0860. The zero-order chi connectivity index (χ0) is 16.7. The van der Waals surface area contributed by atoms with Crippen molar-refractivity contribution in [1.82, 2.24) is 5.32 Å². The number of hydrogen-bond acceptors (Lipinski definition) is 3. The summed E-state index contributed by atoms with van der Waals surface area (Å²) >= 11 is 0. The molecule has 1 N–H and O–H groups in total. The zero-order valence-corrected chi connectivity index (χ0v) is 14.5. The molecule has 1 aromatic rings. The summed E-state index contributed by atoms with van der Waals surface area (Å²) in [4.78, 5) is 16.9. The Hall–Kier alpha value is -1.84. The Labute approximate surface area is 139 Å². The molecule has 126 valence electrons. The van der Waals surface area contributed by atoms with Gasteiger partial charge in [-0.2, -0.15) is 0 Å². The summed E-state index contributed by atoms with van der Waals surface area (Å²) in [7, 11) is 0. The number of rotatable bonds is 5. The van der Waals surface area contributed by atoms with Gasteiger partial charge in [0.2, 0.25) is 0 Å². The monoisotopic (exact) mass is 316 g/mol. The summed E-state index contributed by atoms with van der Waals surface area (Å²) in [6.07, 6.45) is 7.48. The van der Waals surface area contributed by atoms with Gasteiger partial charge in [0.05, 0.1) is 6.21 Å². The highest BCUT2D eigenvalue weighted by Crippen LogP contribution is 2.21. The van der Waals surface area contributed by atoms with Crippen molar-refractivity contribution in [2.75, 3.05) is 6.61 Å². The third-order valence-electron chi connectivity index (χ3n) is 4.22. The number of carbonyl (C=O) groups excluding carboxylic acids is 1. The zero-order valence-electron chi connectivity index (χ0n) is 14.5. The van der Waals surface area contributed by atoms with Gasteiger partial charge in [0.25, 0.3) is 5.91 Å². The van der Waals surface area contributed by atoms with Crippen LogP contribution in [0.5, 0.6) is 0 Å². The van der Waals surface area contributed by atoms with Crippen LogP contribution in [0.3, 0.4) is 0 Å². The van der Waals surface area contributed by atoms with Crippen molar-refractivity contribution in [3.63, 3.8) is 0 Å². The maximum atomic E-state index is 11.8.